The third-order valence-corrected chi connectivity index (χ3v) is 6.73. The van der Waals surface area contributed by atoms with Crippen molar-refractivity contribution in [2.24, 2.45) is 0 Å². The number of aromatic nitrogens is 2. The van der Waals surface area contributed by atoms with Crippen molar-refractivity contribution < 1.29 is 0 Å². The monoisotopic (exact) mass is 360 g/mol. The van der Waals surface area contributed by atoms with Crippen LogP contribution in [-0.2, 0) is 0 Å². The van der Waals surface area contributed by atoms with Gasteiger partial charge in [0.15, 0.2) is 0 Å². The molecule has 4 rings (SSSR count). The molecule has 0 spiro atoms. The Morgan fingerprint density at radius 3 is 1.65 bits per heavy atom. The lowest BCUT2D eigenvalue weighted by Crippen LogP contribution is -1.89. The number of halogens is 1. The van der Waals surface area contributed by atoms with Gasteiger partial charge in [-0.05, 0) is 24.3 Å². The molecule has 0 saturated heterocycles. The number of hydrogen-bond acceptors (Lipinski definition) is 4. The first-order valence-electron chi connectivity index (χ1n) is 6.16. The molecule has 2 heterocycles. The summed E-state index contributed by atoms with van der Waals surface area (Å²) in [4.78, 5) is 9.46. The van der Waals surface area contributed by atoms with Crippen LogP contribution in [0.2, 0.25) is 0 Å². The summed E-state index contributed by atoms with van der Waals surface area (Å²) >= 11 is 7.18. The van der Waals surface area contributed by atoms with Crippen LogP contribution in [0.3, 0.4) is 0 Å². The predicted octanol–water partition coefficient (Wildman–Crippen LogP) is 5.39. The van der Waals surface area contributed by atoms with E-state index in [1.54, 1.807) is 22.7 Å². The average molecular weight is 361 g/mol. The zero-order valence-electron chi connectivity index (χ0n) is 10.3. The lowest BCUT2D eigenvalue weighted by atomic mass is 10.3. The Hall–Kier alpha value is -1.30. The second-order valence-corrected chi connectivity index (χ2v) is 7.44. The molecule has 4 aromatic rings. The maximum Gasteiger partial charge on any atom is 0.118 e. The van der Waals surface area contributed by atoms with Gasteiger partial charge in [-0.2, -0.15) is 0 Å². The van der Waals surface area contributed by atoms with E-state index in [2.05, 4.69) is 28.1 Å². The minimum atomic E-state index is 0.0669. The lowest BCUT2D eigenvalue weighted by molar-refractivity contribution is 1.12. The first-order valence-corrected chi connectivity index (χ1v) is 8.71. The Morgan fingerprint density at radius 2 is 1.20 bits per heavy atom. The molecule has 0 saturated carbocycles. The summed E-state index contributed by atoms with van der Waals surface area (Å²) in [7, 11) is 0. The maximum absolute atomic E-state index is 4.70. The van der Waals surface area contributed by atoms with Gasteiger partial charge in [0.05, 0.1) is 20.4 Å². The minimum absolute atomic E-state index is 0.0669. The van der Waals surface area contributed by atoms with Gasteiger partial charge in [0.2, 0.25) is 0 Å². The van der Waals surface area contributed by atoms with Gasteiger partial charge in [-0.1, -0.05) is 40.2 Å². The number of hydrogen-bond donors (Lipinski definition) is 0. The number of rotatable bonds is 2. The van der Waals surface area contributed by atoms with Crippen LogP contribution >= 0.6 is 38.6 Å². The molecule has 2 aromatic heterocycles. The maximum atomic E-state index is 4.70. The van der Waals surface area contributed by atoms with Crippen LogP contribution in [0.15, 0.2) is 48.5 Å². The Kier molecular flexibility index (Phi) is 3.06. The molecule has 0 atom stereocenters. The molecule has 0 aliphatic heterocycles. The molecular formula is C15H9BrN2S2. The predicted molar refractivity (Wildman–Crippen MR) is 90.0 cm³/mol. The lowest BCUT2D eigenvalue weighted by Gasteiger charge is -2.00. The summed E-state index contributed by atoms with van der Waals surface area (Å²) in [5.41, 5.74) is 2.11. The molecule has 0 amide bonds. The van der Waals surface area contributed by atoms with Crippen molar-refractivity contribution in [3.63, 3.8) is 0 Å². The molecule has 2 aromatic carbocycles. The fraction of sp³-hybridized carbons (Fsp3) is 0.0667. The second-order valence-electron chi connectivity index (χ2n) is 4.40. The van der Waals surface area contributed by atoms with Crippen molar-refractivity contribution in [3.8, 4) is 0 Å². The van der Waals surface area contributed by atoms with Crippen molar-refractivity contribution >= 4 is 59.0 Å². The van der Waals surface area contributed by atoms with E-state index in [-0.39, 0.29) is 4.83 Å². The normalized spacial score (nSPS) is 11.7. The molecular weight excluding hydrogens is 352 g/mol. The quantitative estimate of drug-likeness (QED) is 0.447. The van der Waals surface area contributed by atoms with Gasteiger partial charge in [-0.3, -0.25) is 0 Å². The molecule has 0 aliphatic rings. The summed E-state index contributed by atoms with van der Waals surface area (Å²) < 4.78 is 2.43. The van der Waals surface area contributed by atoms with Crippen LogP contribution in [0, 0.1) is 0 Å². The highest BCUT2D eigenvalue weighted by atomic mass is 79.9. The van der Waals surface area contributed by atoms with Crippen molar-refractivity contribution in [3.05, 3.63) is 58.5 Å². The Morgan fingerprint density at radius 1 is 0.750 bits per heavy atom. The van der Waals surface area contributed by atoms with Crippen LogP contribution in [-0.4, -0.2) is 9.97 Å². The summed E-state index contributed by atoms with van der Waals surface area (Å²) in [5, 5.41) is 2.12. The summed E-state index contributed by atoms with van der Waals surface area (Å²) in [6, 6.07) is 16.4. The third-order valence-electron chi connectivity index (χ3n) is 3.05. The number of thiazole rings is 2. The van der Waals surface area contributed by atoms with Crippen LogP contribution in [0.1, 0.15) is 14.8 Å². The van der Waals surface area contributed by atoms with E-state index in [1.165, 1.54) is 9.40 Å². The molecule has 0 unspecified atom stereocenters. The molecule has 0 aliphatic carbocycles. The summed E-state index contributed by atoms with van der Waals surface area (Å²) in [6.07, 6.45) is 0. The molecule has 98 valence electrons. The zero-order chi connectivity index (χ0) is 13.5. The number of fused-ring (bicyclic) bond motifs is 2. The van der Waals surface area contributed by atoms with Gasteiger partial charge in [0.1, 0.15) is 14.8 Å². The molecule has 0 radical (unpaired) electrons. The van der Waals surface area contributed by atoms with E-state index >= 15 is 0 Å². The van der Waals surface area contributed by atoms with Crippen molar-refractivity contribution in [2.45, 2.75) is 4.83 Å². The fourth-order valence-corrected chi connectivity index (χ4v) is 4.84. The van der Waals surface area contributed by atoms with E-state index in [4.69, 9.17) is 9.97 Å². The highest BCUT2D eigenvalue weighted by molar-refractivity contribution is 9.09. The number of nitrogens with zero attached hydrogens (tertiary/aromatic N) is 2. The second kappa shape index (κ2) is 4.91. The zero-order valence-corrected chi connectivity index (χ0v) is 13.5. The fourth-order valence-electron chi connectivity index (χ4n) is 2.10. The molecule has 20 heavy (non-hydrogen) atoms. The van der Waals surface area contributed by atoms with Crippen LogP contribution in [0.4, 0.5) is 0 Å². The molecule has 0 bridgehead atoms. The van der Waals surface area contributed by atoms with Gasteiger partial charge in [-0.25, -0.2) is 9.97 Å². The smallest absolute Gasteiger partial charge is 0.118 e. The number of alkyl halides is 1. The van der Waals surface area contributed by atoms with Crippen LogP contribution < -0.4 is 0 Å². The third kappa shape index (κ3) is 2.06. The topological polar surface area (TPSA) is 25.8 Å². The Balaban J connectivity index is 1.80. The average Bonchev–Trinajstić information content (AvgIpc) is 3.10. The van der Waals surface area contributed by atoms with E-state index in [0.29, 0.717) is 0 Å². The largest absolute Gasteiger partial charge is 0.240 e. The van der Waals surface area contributed by atoms with Crippen molar-refractivity contribution in [2.75, 3.05) is 0 Å². The first kappa shape index (κ1) is 12.4. The number of para-hydroxylation sites is 2. The highest BCUT2D eigenvalue weighted by Gasteiger charge is 2.19. The summed E-state index contributed by atoms with van der Waals surface area (Å²) in [6.45, 7) is 0. The molecule has 5 heteroatoms. The van der Waals surface area contributed by atoms with Crippen molar-refractivity contribution in [1.29, 1.82) is 0 Å². The van der Waals surface area contributed by atoms with Gasteiger partial charge in [0.25, 0.3) is 0 Å². The van der Waals surface area contributed by atoms with Crippen molar-refractivity contribution in [1.82, 2.24) is 9.97 Å². The van der Waals surface area contributed by atoms with Gasteiger partial charge in [-0.15, -0.1) is 22.7 Å². The number of benzene rings is 2. The van der Waals surface area contributed by atoms with Crippen LogP contribution in [0.25, 0.3) is 20.4 Å². The standard InChI is InChI=1S/C15H9BrN2S2/c16-13(14-17-9-5-1-3-7-11(9)19-14)15-18-10-6-2-4-8-12(10)20-15/h1-8,13H. The van der Waals surface area contributed by atoms with Crippen LogP contribution in [0.5, 0.6) is 0 Å². The summed E-state index contributed by atoms with van der Waals surface area (Å²) in [5.74, 6) is 0. The van der Waals surface area contributed by atoms with E-state index in [9.17, 15) is 0 Å². The molecule has 0 fully saturated rings. The SMILES string of the molecule is BrC(c1nc2ccccc2s1)c1nc2ccccc2s1. The Labute approximate surface area is 132 Å². The Bertz CT molecular complexity index is 757. The van der Waals surface area contributed by atoms with Gasteiger partial charge >= 0.3 is 0 Å². The van der Waals surface area contributed by atoms with Gasteiger partial charge < -0.3 is 0 Å². The first-order chi connectivity index (χ1) is 9.81. The molecule has 0 N–H and O–H groups in total. The van der Waals surface area contributed by atoms with E-state index < -0.39 is 0 Å². The van der Waals surface area contributed by atoms with Gasteiger partial charge in [0, 0.05) is 0 Å². The molecule has 2 nitrogen and oxygen atoms in total. The van der Waals surface area contributed by atoms with E-state index in [0.717, 1.165) is 21.0 Å². The van der Waals surface area contributed by atoms with E-state index in [1.807, 2.05) is 36.4 Å². The highest BCUT2D eigenvalue weighted by Crippen LogP contribution is 2.38. The minimum Gasteiger partial charge on any atom is -0.240 e.